The Morgan fingerprint density at radius 2 is 0.333 bits per heavy atom. The van der Waals surface area contributed by atoms with Gasteiger partial charge in [-0.05, 0) is 92.0 Å². The molecule has 0 unspecified atom stereocenters. The first-order valence-electron chi connectivity index (χ1n) is 17.1. The third-order valence-corrected chi connectivity index (χ3v) is 12.8. The fraction of sp³-hybridized carbons (Fsp3) is 0. The van der Waals surface area contributed by atoms with Crippen molar-refractivity contribution in [2.45, 2.75) is 0 Å². The molecule has 51 heavy (non-hydrogen) atoms. The van der Waals surface area contributed by atoms with Gasteiger partial charge in [-0.2, -0.15) is 0 Å². The molecule has 9 aromatic rings. The number of benzene rings is 6. The third-order valence-electron chi connectivity index (χ3n) is 9.28. The summed E-state index contributed by atoms with van der Waals surface area (Å²) in [4.78, 5) is 7.74. The van der Waals surface area contributed by atoms with Crippen LogP contribution in [-0.4, -0.2) is 0 Å². The van der Waals surface area contributed by atoms with Gasteiger partial charge in [0, 0.05) is 29.3 Å². The molecule has 0 spiro atoms. The van der Waals surface area contributed by atoms with Crippen molar-refractivity contribution in [2.24, 2.45) is 0 Å². The molecule has 0 nitrogen and oxygen atoms in total. The molecule has 3 heteroatoms. The van der Waals surface area contributed by atoms with Gasteiger partial charge in [0.2, 0.25) is 0 Å². The first-order chi connectivity index (χ1) is 25.2. The van der Waals surface area contributed by atoms with Gasteiger partial charge in [0.15, 0.2) is 0 Å². The number of thiophene rings is 3. The van der Waals surface area contributed by atoms with Crippen LogP contribution in [0.2, 0.25) is 0 Å². The molecule has 6 aromatic carbocycles. The van der Waals surface area contributed by atoms with E-state index in [1.54, 1.807) is 0 Å². The topological polar surface area (TPSA) is 0 Å². The van der Waals surface area contributed by atoms with Crippen LogP contribution in [0, 0.1) is 0 Å². The van der Waals surface area contributed by atoms with Crippen molar-refractivity contribution in [1.82, 2.24) is 0 Å². The van der Waals surface area contributed by atoms with Gasteiger partial charge in [-0.1, -0.05) is 158 Å². The van der Waals surface area contributed by atoms with Crippen molar-refractivity contribution < 1.29 is 0 Å². The zero-order valence-corrected chi connectivity index (χ0v) is 30.1. The van der Waals surface area contributed by atoms with E-state index in [1.165, 1.54) is 84.9 Å². The van der Waals surface area contributed by atoms with Crippen LogP contribution >= 0.6 is 34.0 Å². The maximum Gasteiger partial charge on any atom is 0.0349 e. The molecule has 0 bridgehead atoms. The molecule has 0 aliphatic heterocycles. The minimum atomic E-state index is 1.23. The summed E-state index contributed by atoms with van der Waals surface area (Å²) >= 11 is 5.53. The molecule has 0 aliphatic rings. The first kappa shape index (κ1) is 31.4. The molecular formula is C48H32S3. The number of hydrogen-bond acceptors (Lipinski definition) is 3. The van der Waals surface area contributed by atoms with Crippen LogP contribution in [0.1, 0.15) is 0 Å². The van der Waals surface area contributed by atoms with E-state index < -0.39 is 0 Å². The van der Waals surface area contributed by atoms with Crippen molar-refractivity contribution in [2.75, 3.05) is 0 Å². The SMILES string of the molecule is c1ccc(-c2ccc(-c3ccc(-c4ccc(-c5ccc(-c6ccc(-c7ccc(-c8ccc(-c9ccccc9)s8)cc7)cc6)s5)cc4)cc3)s2)cc1. The van der Waals surface area contributed by atoms with Crippen molar-refractivity contribution >= 4 is 34.0 Å². The van der Waals surface area contributed by atoms with Gasteiger partial charge in [0.1, 0.15) is 0 Å². The summed E-state index contributed by atoms with van der Waals surface area (Å²) in [5, 5.41) is 0. The van der Waals surface area contributed by atoms with Crippen LogP contribution in [0.4, 0.5) is 0 Å². The molecule has 9 rings (SSSR count). The Kier molecular flexibility index (Phi) is 8.60. The lowest BCUT2D eigenvalue weighted by atomic mass is 10.0. The molecule has 242 valence electrons. The van der Waals surface area contributed by atoms with Gasteiger partial charge < -0.3 is 0 Å². The van der Waals surface area contributed by atoms with Gasteiger partial charge in [0.05, 0.1) is 0 Å². The summed E-state index contributed by atoms with van der Waals surface area (Å²) in [7, 11) is 0. The summed E-state index contributed by atoms with van der Waals surface area (Å²) < 4.78 is 0. The standard InChI is InChI=1S/C48H32S3/c1-3-7-37(8-4-1)43-27-29-45(49-43)39-19-11-33(12-20-39)35-15-23-41(24-16-35)47-31-32-48(51-47)42-25-17-36(18-26-42)34-13-21-40(22-14-34)46-30-28-44(50-46)38-9-5-2-6-10-38/h1-32H. The van der Waals surface area contributed by atoms with Gasteiger partial charge in [-0.15, -0.1) is 34.0 Å². The molecule has 3 aromatic heterocycles. The zero-order chi connectivity index (χ0) is 34.0. The van der Waals surface area contributed by atoms with Gasteiger partial charge in [0.25, 0.3) is 0 Å². The van der Waals surface area contributed by atoms with Crippen LogP contribution < -0.4 is 0 Å². The lowest BCUT2D eigenvalue weighted by Crippen LogP contribution is -1.80. The van der Waals surface area contributed by atoms with Crippen molar-refractivity contribution in [3.05, 3.63) is 194 Å². The number of rotatable bonds is 8. The van der Waals surface area contributed by atoms with E-state index in [-0.39, 0.29) is 0 Å². The summed E-state index contributed by atoms with van der Waals surface area (Å²) in [5.41, 5.74) is 12.5. The van der Waals surface area contributed by atoms with E-state index in [9.17, 15) is 0 Å². The van der Waals surface area contributed by atoms with E-state index in [0.29, 0.717) is 0 Å². The average molecular weight is 705 g/mol. The lowest BCUT2D eigenvalue weighted by Gasteiger charge is -2.06. The highest BCUT2D eigenvalue weighted by molar-refractivity contribution is 7.19. The Labute approximate surface area is 311 Å². The van der Waals surface area contributed by atoms with Gasteiger partial charge in [-0.25, -0.2) is 0 Å². The Morgan fingerprint density at radius 3 is 0.549 bits per heavy atom. The Balaban J connectivity index is 0.855. The summed E-state index contributed by atoms with van der Waals surface area (Å²) in [5.74, 6) is 0. The third kappa shape index (κ3) is 6.68. The molecule has 0 aliphatic carbocycles. The molecule has 0 radical (unpaired) electrons. The maximum atomic E-state index is 2.25. The highest BCUT2D eigenvalue weighted by atomic mass is 32.1. The molecule has 0 amide bonds. The Hall–Kier alpha value is -5.58. The fourth-order valence-corrected chi connectivity index (χ4v) is 9.51. The second-order valence-corrected chi connectivity index (χ2v) is 15.8. The first-order valence-corrected chi connectivity index (χ1v) is 19.5. The predicted molar refractivity (Wildman–Crippen MR) is 224 cm³/mol. The molecule has 0 saturated carbocycles. The molecule has 0 N–H and O–H groups in total. The predicted octanol–water partition coefficient (Wildman–Crippen LogP) is 15.2. The van der Waals surface area contributed by atoms with E-state index in [4.69, 9.17) is 0 Å². The second kappa shape index (κ2) is 14.0. The molecule has 3 heterocycles. The van der Waals surface area contributed by atoms with Crippen LogP contribution in [0.5, 0.6) is 0 Å². The minimum absolute atomic E-state index is 1.23. The van der Waals surface area contributed by atoms with Crippen molar-refractivity contribution in [1.29, 1.82) is 0 Å². The normalized spacial score (nSPS) is 11.1. The van der Waals surface area contributed by atoms with Crippen LogP contribution in [-0.2, 0) is 0 Å². The van der Waals surface area contributed by atoms with Gasteiger partial charge >= 0.3 is 0 Å². The van der Waals surface area contributed by atoms with Crippen LogP contribution in [0.25, 0.3) is 84.9 Å². The highest BCUT2D eigenvalue weighted by Gasteiger charge is 2.10. The fourth-order valence-electron chi connectivity index (χ4n) is 6.46. The molecular weight excluding hydrogens is 673 g/mol. The van der Waals surface area contributed by atoms with Crippen LogP contribution in [0.15, 0.2) is 194 Å². The molecule has 0 fully saturated rings. The summed E-state index contributed by atoms with van der Waals surface area (Å²) in [6, 6.07) is 70.4. The monoisotopic (exact) mass is 704 g/mol. The Morgan fingerprint density at radius 1 is 0.157 bits per heavy atom. The minimum Gasteiger partial charge on any atom is -0.135 e. The highest BCUT2D eigenvalue weighted by Crippen LogP contribution is 2.39. The molecule has 0 saturated heterocycles. The average Bonchev–Trinajstić information content (AvgIpc) is 4.02. The van der Waals surface area contributed by atoms with E-state index >= 15 is 0 Å². The Bertz CT molecular complexity index is 2340. The van der Waals surface area contributed by atoms with E-state index in [0.717, 1.165) is 0 Å². The second-order valence-electron chi connectivity index (χ2n) is 12.5. The van der Waals surface area contributed by atoms with E-state index in [2.05, 4.69) is 194 Å². The largest absolute Gasteiger partial charge is 0.135 e. The van der Waals surface area contributed by atoms with Crippen molar-refractivity contribution in [3.63, 3.8) is 0 Å². The lowest BCUT2D eigenvalue weighted by molar-refractivity contribution is 1.61. The van der Waals surface area contributed by atoms with Crippen LogP contribution in [0.3, 0.4) is 0 Å². The summed E-state index contributed by atoms with van der Waals surface area (Å²) in [6.07, 6.45) is 0. The van der Waals surface area contributed by atoms with E-state index in [1.807, 2.05) is 34.0 Å². The molecule has 0 atom stereocenters. The van der Waals surface area contributed by atoms with Gasteiger partial charge in [-0.3, -0.25) is 0 Å². The zero-order valence-electron chi connectivity index (χ0n) is 27.7. The van der Waals surface area contributed by atoms with Crippen molar-refractivity contribution in [3.8, 4) is 84.9 Å². The maximum absolute atomic E-state index is 2.25. The quantitative estimate of drug-likeness (QED) is 0.148. The number of hydrogen-bond donors (Lipinski definition) is 0. The summed E-state index contributed by atoms with van der Waals surface area (Å²) in [6.45, 7) is 0. The smallest absolute Gasteiger partial charge is 0.0349 e.